The quantitative estimate of drug-likeness (QED) is 0.763. The molecular formula is C13H19N3. The van der Waals surface area contributed by atoms with Gasteiger partial charge in [-0.25, -0.2) is 0 Å². The van der Waals surface area contributed by atoms with E-state index in [1.54, 1.807) is 0 Å². The second-order valence-electron chi connectivity index (χ2n) is 3.78. The van der Waals surface area contributed by atoms with Crippen LogP contribution in [0.5, 0.6) is 0 Å². The average Bonchev–Trinajstić information content (AvgIpc) is 2.29. The Balaban J connectivity index is 3.06. The van der Waals surface area contributed by atoms with Crippen molar-refractivity contribution in [3.05, 3.63) is 23.5 Å². The molecule has 16 heavy (non-hydrogen) atoms. The Hall–Kier alpha value is -1.53. The van der Waals surface area contributed by atoms with Crippen molar-refractivity contribution in [2.45, 2.75) is 26.8 Å². The first kappa shape index (κ1) is 12.5. The normalized spacial score (nSPS) is 9.88. The van der Waals surface area contributed by atoms with Crippen molar-refractivity contribution in [3.8, 4) is 12.3 Å². The van der Waals surface area contributed by atoms with Gasteiger partial charge in [-0.3, -0.25) is 4.98 Å². The molecule has 1 rings (SSSR count). The minimum atomic E-state index is 0.493. The summed E-state index contributed by atoms with van der Waals surface area (Å²) in [6.45, 7) is 6.17. The molecule has 0 saturated carbocycles. The van der Waals surface area contributed by atoms with Crippen molar-refractivity contribution in [3.63, 3.8) is 0 Å². The summed E-state index contributed by atoms with van der Waals surface area (Å²) >= 11 is 0. The highest BCUT2D eigenvalue weighted by atomic mass is 15.1. The van der Waals surface area contributed by atoms with Crippen LogP contribution in [0, 0.1) is 19.3 Å². The Labute approximate surface area is 97.7 Å². The number of terminal acetylenes is 1. The van der Waals surface area contributed by atoms with Crippen LogP contribution in [0.2, 0.25) is 0 Å². The zero-order valence-electron chi connectivity index (χ0n) is 10.0. The zero-order chi connectivity index (χ0) is 12.0. The molecule has 0 unspecified atom stereocenters. The molecule has 0 aliphatic heterocycles. The van der Waals surface area contributed by atoms with Gasteiger partial charge in [0, 0.05) is 36.2 Å². The van der Waals surface area contributed by atoms with Crippen LogP contribution in [0.3, 0.4) is 0 Å². The lowest BCUT2D eigenvalue weighted by Gasteiger charge is -2.24. The van der Waals surface area contributed by atoms with Gasteiger partial charge in [0.1, 0.15) is 0 Å². The van der Waals surface area contributed by atoms with Gasteiger partial charge in [-0.05, 0) is 19.4 Å². The summed E-state index contributed by atoms with van der Waals surface area (Å²) in [6, 6.07) is 2.05. The van der Waals surface area contributed by atoms with Crippen LogP contribution in [0.15, 0.2) is 12.3 Å². The maximum absolute atomic E-state index is 5.71. The van der Waals surface area contributed by atoms with Crippen molar-refractivity contribution >= 4 is 5.69 Å². The number of hydrogen-bond acceptors (Lipinski definition) is 3. The summed E-state index contributed by atoms with van der Waals surface area (Å²) in [6.07, 6.45) is 8.29. The molecular weight excluding hydrogens is 198 g/mol. The molecule has 0 saturated heterocycles. The molecule has 3 heteroatoms. The smallest absolute Gasteiger partial charge is 0.0791 e. The molecule has 0 spiro atoms. The van der Waals surface area contributed by atoms with Crippen LogP contribution in [-0.2, 0) is 6.54 Å². The fraction of sp³-hybridized carbons (Fsp3) is 0.462. The maximum atomic E-state index is 5.71. The molecule has 1 aromatic heterocycles. The standard InChI is InChI=1S/C13H19N3/c1-4-6-16(7-5-2)13-8-11(3)15-10-12(13)9-14/h1,8,10H,5-7,9,14H2,2-3H3. The second kappa shape index (κ2) is 6.14. The Bertz CT molecular complexity index is 379. The first-order valence-corrected chi connectivity index (χ1v) is 5.57. The molecule has 0 fully saturated rings. The highest BCUT2D eigenvalue weighted by Gasteiger charge is 2.09. The van der Waals surface area contributed by atoms with Crippen LogP contribution in [0.4, 0.5) is 5.69 Å². The number of nitrogens with zero attached hydrogens (tertiary/aromatic N) is 2. The number of hydrogen-bond donors (Lipinski definition) is 1. The van der Waals surface area contributed by atoms with Gasteiger partial charge in [0.15, 0.2) is 0 Å². The van der Waals surface area contributed by atoms with E-state index >= 15 is 0 Å². The molecule has 1 heterocycles. The third kappa shape index (κ3) is 2.98. The van der Waals surface area contributed by atoms with Crippen molar-refractivity contribution in [2.75, 3.05) is 18.0 Å². The monoisotopic (exact) mass is 217 g/mol. The fourth-order valence-corrected chi connectivity index (χ4v) is 1.69. The zero-order valence-corrected chi connectivity index (χ0v) is 10.0. The first-order valence-electron chi connectivity index (χ1n) is 5.57. The number of aromatic nitrogens is 1. The molecule has 1 aromatic rings. The number of pyridine rings is 1. The van der Waals surface area contributed by atoms with Crippen molar-refractivity contribution in [1.82, 2.24) is 4.98 Å². The van der Waals surface area contributed by atoms with E-state index in [1.807, 2.05) is 13.1 Å². The summed E-state index contributed by atoms with van der Waals surface area (Å²) in [4.78, 5) is 6.43. The molecule has 86 valence electrons. The predicted octanol–water partition coefficient (Wildman–Crippen LogP) is 1.70. The number of anilines is 1. The summed E-state index contributed by atoms with van der Waals surface area (Å²) in [7, 11) is 0. The molecule has 0 radical (unpaired) electrons. The Morgan fingerprint density at radius 1 is 1.56 bits per heavy atom. The van der Waals surface area contributed by atoms with Crippen molar-refractivity contribution < 1.29 is 0 Å². The van der Waals surface area contributed by atoms with Gasteiger partial charge in [-0.1, -0.05) is 12.8 Å². The summed E-state index contributed by atoms with van der Waals surface area (Å²) in [5, 5.41) is 0. The van der Waals surface area contributed by atoms with E-state index in [2.05, 4.69) is 28.8 Å². The van der Waals surface area contributed by atoms with Crippen LogP contribution in [0.25, 0.3) is 0 Å². The third-order valence-corrected chi connectivity index (χ3v) is 2.43. The molecule has 0 atom stereocenters. The SMILES string of the molecule is C#CCN(CCC)c1cc(C)ncc1CN. The topological polar surface area (TPSA) is 42.2 Å². The molecule has 2 N–H and O–H groups in total. The minimum Gasteiger partial charge on any atom is -0.360 e. The molecule has 0 aliphatic carbocycles. The predicted molar refractivity (Wildman–Crippen MR) is 68.2 cm³/mol. The molecule has 3 nitrogen and oxygen atoms in total. The van der Waals surface area contributed by atoms with Crippen LogP contribution in [-0.4, -0.2) is 18.1 Å². The Morgan fingerprint density at radius 3 is 2.88 bits per heavy atom. The van der Waals surface area contributed by atoms with Crippen molar-refractivity contribution in [1.29, 1.82) is 0 Å². The maximum Gasteiger partial charge on any atom is 0.0791 e. The molecule has 0 aliphatic rings. The van der Waals surface area contributed by atoms with Gasteiger partial charge in [-0.15, -0.1) is 6.42 Å². The summed E-state index contributed by atoms with van der Waals surface area (Å²) < 4.78 is 0. The van der Waals surface area contributed by atoms with E-state index in [0.717, 1.165) is 29.9 Å². The minimum absolute atomic E-state index is 0.493. The van der Waals surface area contributed by atoms with Gasteiger partial charge in [0.05, 0.1) is 6.54 Å². The van der Waals surface area contributed by atoms with Crippen LogP contribution >= 0.6 is 0 Å². The molecule has 0 bridgehead atoms. The second-order valence-corrected chi connectivity index (χ2v) is 3.78. The lowest BCUT2D eigenvalue weighted by molar-refractivity contribution is 0.812. The third-order valence-electron chi connectivity index (χ3n) is 2.43. The van der Waals surface area contributed by atoms with Gasteiger partial charge in [-0.2, -0.15) is 0 Å². The van der Waals surface area contributed by atoms with E-state index in [1.165, 1.54) is 0 Å². The van der Waals surface area contributed by atoms with E-state index in [0.29, 0.717) is 13.1 Å². The Morgan fingerprint density at radius 2 is 2.31 bits per heavy atom. The Kier molecular flexibility index (Phi) is 4.81. The van der Waals surface area contributed by atoms with E-state index < -0.39 is 0 Å². The highest BCUT2D eigenvalue weighted by molar-refractivity contribution is 5.54. The average molecular weight is 217 g/mol. The van der Waals surface area contributed by atoms with E-state index in [-0.39, 0.29) is 0 Å². The van der Waals surface area contributed by atoms with Crippen molar-refractivity contribution in [2.24, 2.45) is 5.73 Å². The number of rotatable bonds is 5. The van der Waals surface area contributed by atoms with Gasteiger partial charge in [0.2, 0.25) is 0 Å². The van der Waals surface area contributed by atoms with E-state index in [4.69, 9.17) is 12.2 Å². The largest absolute Gasteiger partial charge is 0.360 e. The van der Waals surface area contributed by atoms with E-state index in [9.17, 15) is 0 Å². The summed E-state index contributed by atoms with van der Waals surface area (Å²) in [5.74, 6) is 2.69. The number of nitrogens with two attached hydrogens (primary N) is 1. The van der Waals surface area contributed by atoms with Gasteiger partial charge in [0.25, 0.3) is 0 Å². The number of aryl methyl sites for hydroxylation is 1. The highest BCUT2D eigenvalue weighted by Crippen LogP contribution is 2.20. The lowest BCUT2D eigenvalue weighted by Crippen LogP contribution is -2.26. The summed E-state index contributed by atoms with van der Waals surface area (Å²) in [5.41, 5.74) is 8.87. The first-order chi connectivity index (χ1) is 7.72. The van der Waals surface area contributed by atoms with Crippen LogP contribution < -0.4 is 10.6 Å². The van der Waals surface area contributed by atoms with Gasteiger partial charge < -0.3 is 10.6 Å². The van der Waals surface area contributed by atoms with Crippen LogP contribution in [0.1, 0.15) is 24.6 Å². The van der Waals surface area contributed by atoms with Gasteiger partial charge >= 0.3 is 0 Å². The lowest BCUT2D eigenvalue weighted by atomic mass is 10.2. The molecule has 0 amide bonds. The molecule has 0 aromatic carbocycles. The fourth-order valence-electron chi connectivity index (χ4n) is 1.69.